The molecule has 3 aliphatic carbocycles. The summed E-state index contributed by atoms with van der Waals surface area (Å²) in [5.74, 6) is 1.24. The second-order valence-electron chi connectivity index (χ2n) is 16.6. The third-order valence-electron chi connectivity index (χ3n) is 12.3. The minimum Gasteiger partial charge on any atom is -0.462 e. The van der Waals surface area contributed by atoms with Crippen molar-refractivity contribution in [2.24, 2.45) is 23.2 Å². The first-order valence-corrected chi connectivity index (χ1v) is 22.9. The molecule has 3 fully saturated rings. The van der Waals surface area contributed by atoms with Crippen LogP contribution < -0.4 is 10.6 Å². The third-order valence-corrected chi connectivity index (χ3v) is 20.1. The van der Waals surface area contributed by atoms with Crippen LogP contribution >= 0.6 is 7.14 Å². The molecular formula is C41H59O4PSi. The Morgan fingerprint density at radius 2 is 1.57 bits per heavy atom. The van der Waals surface area contributed by atoms with E-state index in [1.807, 2.05) is 36.4 Å². The summed E-state index contributed by atoms with van der Waals surface area (Å²) in [4.78, 5) is 12.0. The number of carbonyl (C=O) groups excluding carboxylic acids is 1. The van der Waals surface area contributed by atoms with Crippen LogP contribution in [0.25, 0.3) is 0 Å². The average Bonchev–Trinajstić information content (AvgIpc) is 3.37. The van der Waals surface area contributed by atoms with Gasteiger partial charge in [-0.25, -0.2) is 0 Å². The summed E-state index contributed by atoms with van der Waals surface area (Å²) in [6.45, 7) is 17.9. The molecule has 6 atom stereocenters. The summed E-state index contributed by atoms with van der Waals surface area (Å²) in [7, 11) is -4.73. The van der Waals surface area contributed by atoms with Crippen molar-refractivity contribution in [2.45, 2.75) is 123 Å². The van der Waals surface area contributed by atoms with Crippen LogP contribution in [0, 0.1) is 23.2 Å². The zero-order chi connectivity index (χ0) is 34.0. The minimum atomic E-state index is -2.77. The maximum atomic E-state index is 15.0. The minimum absolute atomic E-state index is 0.0805. The third kappa shape index (κ3) is 8.00. The van der Waals surface area contributed by atoms with Gasteiger partial charge in [0.2, 0.25) is 0 Å². The smallest absolute Gasteiger partial charge is 0.302 e. The van der Waals surface area contributed by atoms with E-state index in [1.54, 1.807) is 5.57 Å². The van der Waals surface area contributed by atoms with Crippen LogP contribution in [0.2, 0.25) is 18.1 Å². The Morgan fingerprint density at radius 1 is 0.979 bits per heavy atom. The number of fused-ring (bicyclic) bond motifs is 1. The fourth-order valence-electron chi connectivity index (χ4n) is 8.94. The molecular weight excluding hydrogens is 616 g/mol. The molecule has 47 heavy (non-hydrogen) atoms. The summed E-state index contributed by atoms with van der Waals surface area (Å²) in [5, 5.41) is 2.08. The van der Waals surface area contributed by atoms with E-state index in [4.69, 9.17) is 9.16 Å². The number of allylic oxidation sites excluding steroid dienone is 3. The van der Waals surface area contributed by atoms with Crippen molar-refractivity contribution in [2.75, 3.05) is 6.16 Å². The molecule has 0 aliphatic heterocycles. The monoisotopic (exact) mass is 674 g/mol. The lowest BCUT2D eigenvalue weighted by molar-refractivity contribution is -0.148. The van der Waals surface area contributed by atoms with Gasteiger partial charge in [-0.2, -0.15) is 0 Å². The van der Waals surface area contributed by atoms with Gasteiger partial charge in [0.05, 0.1) is 6.10 Å². The Bertz CT molecular complexity index is 1450. The number of ether oxygens (including phenoxy) is 1. The SMILES string of the molecule is CC(=O)O[C@@H]1C/C(=C/C=C2\CCC[C@]3(C)[C@@H]([C@H](C)CP(=O)(c4ccccc4)c4ccccc4)CC[C@@H]23)C[C@@H](O[Si](C)(C)C(C)(C)C)C1. The summed E-state index contributed by atoms with van der Waals surface area (Å²) in [5.41, 5.74) is 3.12. The summed E-state index contributed by atoms with van der Waals surface area (Å²) in [6.07, 6.45) is 13.9. The number of rotatable bonds is 9. The van der Waals surface area contributed by atoms with Gasteiger partial charge in [0, 0.05) is 36.5 Å². The molecule has 0 aromatic heterocycles. The molecule has 0 saturated heterocycles. The van der Waals surface area contributed by atoms with Gasteiger partial charge in [-0.3, -0.25) is 4.79 Å². The molecule has 0 heterocycles. The van der Waals surface area contributed by atoms with Gasteiger partial charge in [0.15, 0.2) is 8.32 Å². The van der Waals surface area contributed by atoms with E-state index in [9.17, 15) is 9.36 Å². The predicted molar refractivity (Wildman–Crippen MR) is 200 cm³/mol. The van der Waals surface area contributed by atoms with Crippen LogP contribution in [0.4, 0.5) is 0 Å². The van der Waals surface area contributed by atoms with Crippen molar-refractivity contribution in [3.05, 3.63) is 84.0 Å². The van der Waals surface area contributed by atoms with Crippen molar-refractivity contribution in [3.63, 3.8) is 0 Å². The van der Waals surface area contributed by atoms with E-state index in [0.29, 0.717) is 23.9 Å². The fourth-order valence-corrected chi connectivity index (χ4v) is 13.4. The lowest BCUT2D eigenvalue weighted by Crippen LogP contribution is -2.46. The van der Waals surface area contributed by atoms with E-state index < -0.39 is 15.5 Å². The lowest BCUT2D eigenvalue weighted by Gasteiger charge is -2.45. The van der Waals surface area contributed by atoms with Crippen LogP contribution in [0.5, 0.6) is 0 Å². The van der Waals surface area contributed by atoms with Crippen LogP contribution in [0.1, 0.15) is 92.9 Å². The molecule has 0 amide bonds. The van der Waals surface area contributed by atoms with Gasteiger partial charge in [-0.1, -0.05) is 119 Å². The van der Waals surface area contributed by atoms with Crippen molar-refractivity contribution in [1.29, 1.82) is 0 Å². The van der Waals surface area contributed by atoms with E-state index in [-0.39, 0.29) is 28.6 Å². The molecule has 0 radical (unpaired) electrons. The van der Waals surface area contributed by atoms with E-state index in [1.165, 1.54) is 38.2 Å². The quantitative estimate of drug-likeness (QED) is 0.151. The average molecular weight is 675 g/mol. The molecule has 4 nitrogen and oxygen atoms in total. The molecule has 3 saturated carbocycles. The van der Waals surface area contributed by atoms with Crippen molar-refractivity contribution >= 4 is 32.0 Å². The Balaban J connectivity index is 1.36. The van der Waals surface area contributed by atoms with Gasteiger partial charge in [-0.05, 0) is 79.8 Å². The van der Waals surface area contributed by atoms with Crippen LogP contribution in [0.15, 0.2) is 84.0 Å². The van der Waals surface area contributed by atoms with Crippen LogP contribution in [0.3, 0.4) is 0 Å². The van der Waals surface area contributed by atoms with Crippen LogP contribution in [-0.4, -0.2) is 32.7 Å². The number of carbonyl (C=O) groups is 1. The molecule has 0 spiro atoms. The first kappa shape index (κ1) is 36.1. The summed E-state index contributed by atoms with van der Waals surface area (Å²) >= 11 is 0. The molecule has 256 valence electrons. The first-order chi connectivity index (χ1) is 22.1. The van der Waals surface area contributed by atoms with Gasteiger partial charge in [0.1, 0.15) is 13.2 Å². The zero-order valence-corrected chi connectivity index (χ0v) is 32.2. The topological polar surface area (TPSA) is 52.6 Å². The highest BCUT2D eigenvalue weighted by molar-refractivity contribution is 7.78. The lowest BCUT2D eigenvalue weighted by atomic mass is 9.61. The summed E-state index contributed by atoms with van der Waals surface area (Å²) in [6, 6.07) is 20.4. The molecule has 3 aliphatic rings. The zero-order valence-electron chi connectivity index (χ0n) is 30.3. The van der Waals surface area contributed by atoms with E-state index in [2.05, 4.69) is 84.1 Å². The molecule has 2 aromatic carbocycles. The van der Waals surface area contributed by atoms with Crippen LogP contribution in [-0.2, 0) is 18.5 Å². The highest BCUT2D eigenvalue weighted by Gasteiger charge is 2.51. The fraction of sp³-hybridized carbons (Fsp3) is 0.585. The molecule has 6 heteroatoms. The van der Waals surface area contributed by atoms with Gasteiger partial charge in [0.25, 0.3) is 0 Å². The van der Waals surface area contributed by atoms with Crippen molar-refractivity contribution in [3.8, 4) is 0 Å². The van der Waals surface area contributed by atoms with E-state index >= 15 is 0 Å². The first-order valence-electron chi connectivity index (χ1n) is 18.1. The normalized spacial score (nSPS) is 29.4. The predicted octanol–water partition coefficient (Wildman–Crippen LogP) is 10.2. The van der Waals surface area contributed by atoms with Crippen molar-refractivity contribution in [1.82, 2.24) is 0 Å². The van der Waals surface area contributed by atoms with Gasteiger partial charge >= 0.3 is 5.97 Å². The Hall–Kier alpha value is -2.20. The molecule has 0 bridgehead atoms. The van der Waals surface area contributed by atoms with Gasteiger partial charge < -0.3 is 13.7 Å². The molecule has 5 rings (SSSR count). The Labute approximate surface area is 286 Å². The standard InChI is InChI=1S/C41H59O4PSi/c1-30(29-46(43,36-17-11-9-12-18-36)37-19-13-10-14-20-37)38-23-24-39-33(16-15-25-41(38,39)6)22-21-32-26-34(44-31(2)42)28-35(27-32)45-47(7,8)40(3,4)5/h9-14,17-22,30,34-35,38-39H,15-16,23-29H2,1-8H3/b32-21-,33-22+/t30-,34-,35-,38-,39+,41-/m1/s1. The Kier molecular flexibility index (Phi) is 11.0. The number of hydrogen-bond acceptors (Lipinski definition) is 4. The second-order valence-corrected chi connectivity index (χ2v) is 24.2. The number of benzene rings is 2. The molecule has 0 N–H and O–H groups in total. The maximum Gasteiger partial charge on any atom is 0.302 e. The Morgan fingerprint density at radius 3 is 2.15 bits per heavy atom. The number of esters is 1. The highest BCUT2D eigenvalue weighted by Crippen LogP contribution is 2.61. The van der Waals surface area contributed by atoms with Crippen molar-refractivity contribution < 1.29 is 18.5 Å². The van der Waals surface area contributed by atoms with Gasteiger partial charge in [-0.15, -0.1) is 0 Å². The molecule has 0 unspecified atom stereocenters. The summed E-state index contributed by atoms with van der Waals surface area (Å²) < 4.78 is 27.6. The second kappa shape index (κ2) is 14.3. The number of hydrogen-bond donors (Lipinski definition) is 0. The molecule has 2 aromatic rings. The highest BCUT2D eigenvalue weighted by atomic mass is 31.2. The largest absolute Gasteiger partial charge is 0.462 e. The van der Waals surface area contributed by atoms with E-state index in [0.717, 1.165) is 36.3 Å². The maximum absolute atomic E-state index is 15.0.